The third-order valence-corrected chi connectivity index (χ3v) is 7.18. The molecule has 3 nitrogen and oxygen atoms in total. The SMILES string of the molecule is CSc1cccc(-c2ccc(-c3cc(C(C)(C)O)nn3-c3ccccc3Br)s2)c1. The molecule has 0 aliphatic heterocycles. The van der Waals surface area contributed by atoms with Gasteiger partial charge < -0.3 is 5.11 Å². The summed E-state index contributed by atoms with van der Waals surface area (Å²) in [6.45, 7) is 3.52. The first-order valence-corrected chi connectivity index (χ1v) is 12.0. The highest BCUT2D eigenvalue weighted by atomic mass is 79.9. The van der Waals surface area contributed by atoms with Gasteiger partial charge in [0.2, 0.25) is 0 Å². The van der Waals surface area contributed by atoms with E-state index in [9.17, 15) is 5.11 Å². The van der Waals surface area contributed by atoms with E-state index in [0.29, 0.717) is 5.69 Å². The van der Waals surface area contributed by atoms with Crippen LogP contribution < -0.4 is 0 Å². The van der Waals surface area contributed by atoms with Crippen LogP contribution in [0.3, 0.4) is 0 Å². The lowest BCUT2D eigenvalue weighted by Gasteiger charge is -2.13. The predicted octanol–water partition coefficient (Wildman–Crippen LogP) is 6.98. The third kappa shape index (κ3) is 4.21. The van der Waals surface area contributed by atoms with Gasteiger partial charge >= 0.3 is 0 Å². The van der Waals surface area contributed by atoms with Crippen molar-refractivity contribution in [3.63, 3.8) is 0 Å². The summed E-state index contributed by atoms with van der Waals surface area (Å²) in [6.07, 6.45) is 2.09. The normalized spacial score (nSPS) is 11.8. The highest BCUT2D eigenvalue weighted by Gasteiger charge is 2.24. The molecule has 4 rings (SSSR count). The molecule has 29 heavy (non-hydrogen) atoms. The Hall–Kier alpha value is -1.86. The van der Waals surface area contributed by atoms with Crippen molar-refractivity contribution in [1.82, 2.24) is 9.78 Å². The molecule has 0 saturated heterocycles. The lowest BCUT2D eigenvalue weighted by Crippen LogP contribution is -2.16. The molecule has 2 heterocycles. The molecule has 4 aromatic rings. The van der Waals surface area contributed by atoms with Gasteiger partial charge in [-0.2, -0.15) is 5.10 Å². The molecule has 0 amide bonds. The lowest BCUT2D eigenvalue weighted by molar-refractivity contribution is 0.0734. The van der Waals surface area contributed by atoms with Crippen molar-refractivity contribution in [2.45, 2.75) is 24.3 Å². The first-order valence-electron chi connectivity index (χ1n) is 9.19. The number of thiophene rings is 1. The second-order valence-electron chi connectivity index (χ2n) is 7.23. The van der Waals surface area contributed by atoms with Crippen molar-refractivity contribution >= 4 is 39.0 Å². The molecule has 2 aromatic carbocycles. The van der Waals surface area contributed by atoms with Crippen LogP contribution in [0.1, 0.15) is 19.5 Å². The van der Waals surface area contributed by atoms with Crippen molar-refractivity contribution in [1.29, 1.82) is 0 Å². The Kier molecular flexibility index (Phi) is 5.71. The maximum Gasteiger partial charge on any atom is 0.103 e. The minimum atomic E-state index is -1.02. The van der Waals surface area contributed by atoms with Crippen LogP contribution in [-0.2, 0) is 5.60 Å². The van der Waals surface area contributed by atoms with E-state index in [1.807, 2.05) is 35.0 Å². The van der Waals surface area contributed by atoms with Crippen LogP contribution in [0.2, 0.25) is 0 Å². The Morgan fingerprint density at radius 3 is 2.48 bits per heavy atom. The van der Waals surface area contributed by atoms with E-state index in [1.54, 1.807) is 36.9 Å². The molecule has 0 bridgehead atoms. The van der Waals surface area contributed by atoms with E-state index in [4.69, 9.17) is 5.10 Å². The van der Waals surface area contributed by atoms with Gasteiger partial charge in [-0.1, -0.05) is 24.3 Å². The summed E-state index contributed by atoms with van der Waals surface area (Å²) < 4.78 is 2.86. The molecule has 0 aliphatic carbocycles. The number of benzene rings is 2. The molecule has 0 spiro atoms. The Labute approximate surface area is 187 Å². The molecule has 0 aliphatic rings. The number of nitrogens with zero attached hydrogens (tertiary/aromatic N) is 2. The molecule has 0 radical (unpaired) electrons. The fraction of sp³-hybridized carbons (Fsp3) is 0.174. The van der Waals surface area contributed by atoms with Crippen LogP contribution in [0, 0.1) is 0 Å². The zero-order valence-corrected chi connectivity index (χ0v) is 19.6. The van der Waals surface area contributed by atoms with Gasteiger partial charge in [-0.15, -0.1) is 23.1 Å². The first-order chi connectivity index (χ1) is 13.9. The van der Waals surface area contributed by atoms with Crippen LogP contribution in [0.15, 0.2) is 76.1 Å². The number of halogens is 1. The van der Waals surface area contributed by atoms with Crippen molar-refractivity contribution in [3.8, 4) is 26.7 Å². The van der Waals surface area contributed by atoms with E-state index in [1.165, 1.54) is 15.3 Å². The lowest BCUT2D eigenvalue weighted by atomic mass is 10.1. The fourth-order valence-corrected chi connectivity index (χ4v) is 4.99. The van der Waals surface area contributed by atoms with Gasteiger partial charge in [-0.25, -0.2) is 4.68 Å². The maximum atomic E-state index is 10.5. The second kappa shape index (κ2) is 8.11. The van der Waals surface area contributed by atoms with Crippen molar-refractivity contribution < 1.29 is 5.11 Å². The Balaban J connectivity index is 1.84. The van der Waals surface area contributed by atoms with E-state index < -0.39 is 5.60 Å². The minimum absolute atomic E-state index is 0.641. The Morgan fingerprint density at radius 1 is 1.00 bits per heavy atom. The molecule has 6 heteroatoms. The standard InChI is InChI=1S/C23H21BrN2OS2/c1-23(2,27)22-14-19(26(25-22)18-10-5-4-9-17(18)24)21-12-11-20(29-21)15-7-6-8-16(13-15)28-3/h4-14,27H,1-3H3. The van der Waals surface area contributed by atoms with E-state index >= 15 is 0 Å². The summed E-state index contributed by atoms with van der Waals surface area (Å²) >= 11 is 7.11. The molecule has 0 fully saturated rings. The van der Waals surface area contributed by atoms with E-state index in [-0.39, 0.29) is 0 Å². The van der Waals surface area contributed by atoms with Crippen molar-refractivity contribution in [2.75, 3.05) is 6.26 Å². The minimum Gasteiger partial charge on any atom is -0.384 e. The molecule has 148 valence electrons. The smallest absolute Gasteiger partial charge is 0.103 e. The average Bonchev–Trinajstić information content (AvgIpc) is 3.35. The molecular formula is C23H21BrN2OS2. The maximum absolute atomic E-state index is 10.5. The number of hydrogen-bond donors (Lipinski definition) is 1. The number of rotatable bonds is 5. The van der Waals surface area contributed by atoms with Crippen LogP contribution in [0.25, 0.3) is 26.7 Å². The summed E-state index contributed by atoms with van der Waals surface area (Å²) in [5.41, 5.74) is 2.74. The zero-order chi connectivity index (χ0) is 20.6. The van der Waals surface area contributed by atoms with Crippen LogP contribution in [0.5, 0.6) is 0 Å². The van der Waals surface area contributed by atoms with Crippen LogP contribution in [0.4, 0.5) is 0 Å². The van der Waals surface area contributed by atoms with Crippen molar-refractivity contribution in [2.24, 2.45) is 0 Å². The molecule has 0 saturated carbocycles. The molecule has 0 unspecified atom stereocenters. The Morgan fingerprint density at radius 2 is 1.76 bits per heavy atom. The monoisotopic (exact) mass is 484 g/mol. The summed E-state index contributed by atoms with van der Waals surface area (Å²) in [5.74, 6) is 0. The van der Waals surface area contributed by atoms with Gasteiger partial charge in [0.25, 0.3) is 0 Å². The first kappa shape index (κ1) is 20.4. The largest absolute Gasteiger partial charge is 0.384 e. The number of aromatic nitrogens is 2. The topological polar surface area (TPSA) is 38.1 Å². The average molecular weight is 485 g/mol. The Bertz CT molecular complexity index is 1160. The summed E-state index contributed by atoms with van der Waals surface area (Å²) in [7, 11) is 0. The summed E-state index contributed by atoms with van der Waals surface area (Å²) in [6, 6.07) is 22.8. The quantitative estimate of drug-likeness (QED) is 0.310. The van der Waals surface area contributed by atoms with Gasteiger partial charge in [0, 0.05) is 14.2 Å². The highest BCUT2D eigenvalue weighted by molar-refractivity contribution is 9.10. The van der Waals surface area contributed by atoms with E-state index in [2.05, 4.69) is 58.6 Å². The van der Waals surface area contributed by atoms with Gasteiger partial charge in [0.05, 0.1) is 22.0 Å². The predicted molar refractivity (Wildman–Crippen MR) is 127 cm³/mol. The summed E-state index contributed by atoms with van der Waals surface area (Å²) in [4.78, 5) is 3.56. The van der Waals surface area contributed by atoms with Gasteiger partial charge in [0.1, 0.15) is 5.60 Å². The van der Waals surface area contributed by atoms with Gasteiger partial charge in [-0.05, 0) is 84.1 Å². The number of aliphatic hydroxyl groups is 1. The summed E-state index contributed by atoms with van der Waals surface area (Å²) in [5, 5.41) is 15.3. The van der Waals surface area contributed by atoms with Crippen LogP contribution in [-0.4, -0.2) is 21.1 Å². The highest BCUT2D eigenvalue weighted by Crippen LogP contribution is 2.38. The number of hydrogen-bond acceptors (Lipinski definition) is 4. The fourth-order valence-electron chi connectivity index (χ4n) is 3.07. The molecule has 2 aromatic heterocycles. The number of thioether (sulfide) groups is 1. The molecule has 0 atom stereocenters. The van der Waals surface area contributed by atoms with E-state index in [0.717, 1.165) is 20.7 Å². The van der Waals surface area contributed by atoms with Crippen molar-refractivity contribution in [3.05, 3.63) is 76.9 Å². The molecule has 1 N–H and O–H groups in total. The van der Waals surface area contributed by atoms with Gasteiger partial charge in [-0.3, -0.25) is 0 Å². The molecular weight excluding hydrogens is 464 g/mol. The van der Waals surface area contributed by atoms with Gasteiger partial charge in [0.15, 0.2) is 0 Å². The third-order valence-electron chi connectivity index (χ3n) is 4.63. The zero-order valence-electron chi connectivity index (χ0n) is 16.4. The van der Waals surface area contributed by atoms with Crippen LogP contribution >= 0.6 is 39.0 Å². The number of para-hydroxylation sites is 1. The second-order valence-corrected chi connectivity index (χ2v) is 10.1.